The summed E-state index contributed by atoms with van der Waals surface area (Å²) in [6.07, 6.45) is 4.08. The van der Waals surface area contributed by atoms with E-state index in [9.17, 15) is 13.2 Å². The minimum Gasteiger partial charge on any atom is -0.481 e. The van der Waals surface area contributed by atoms with Gasteiger partial charge in [0.05, 0.1) is 12.2 Å². The Morgan fingerprint density at radius 1 is 1.45 bits per heavy atom. The van der Waals surface area contributed by atoms with E-state index in [0.717, 1.165) is 0 Å². The monoisotopic (exact) mass is 329 g/mol. The van der Waals surface area contributed by atoms with Crippen molar-refractivity contribution in [3.05, 3.63) is 12.5 Å². The third kappa shape index (κ3) is 3.49. The van der Waals surface area contributed by atoms with Crippen LogP contribution in [-0.4, -0.2) is 45.9 Å². The fourth-order valence-electron chi connectivity index (χ4n) is 2.73. The lowest BCUT2D eigenvalue weighted by molar-refractivity contribution is -0.143. The Labute approximate surface area is 131 Å². The molecule has 1 fully saturated rings. The first-order valence-corrected chi connectivity index (χ1v) is 8.92. The topological polar surface area (TPSA) is 92.5 Å². The number of carbonyl (C=O) groups is 1. The van der Waals surface area contributed by atoms with Crippen LogP contribution in [0.25, 0.3) is 0 Å². The van der Waals surface area contributed by atoms with E-state index in [1.807, 2.05) is 13.8 Å². The van der Waals surface area contributed by atoms with Gasteiger partial charge in [-0.15, -0.1) is 0 Å². The molecule has 0 spiro atoms. The van der Waals surface area contributed by atoms with E-state index < -0.39 is 21.9 Å². The predicted molar refractivity (Wildman–Crippen MR) is 80.8 cm³/mol. The normalized spacial score (nSPS) is 23.8. The molecule has 8 heteroatoms. The van der Waals surface area contributed by atoms with Crippen LogP contribution >= 0.6 is 0 Å². The second kappa shape index (κ2) is 6.37. The van der Waals surface area contributed by atoms with Crippen molar-refractivity contribution in [1.82, 2.24) is 13.9 Å². The van der Waals surface area contributed by atoms with Crippen LogP contribution in [0, 0.1) is 11.8 Å². The molecule has 124 valence electrons. The first-order chi connectivity index (χ1) is 10.2. The number of imidazole rings is 1. The molecule has 1 aromatic heterocycles. The summed E-state index contributed by atoms with van der Waals surface area (Å²) in [5, 5.41) is 9.13. The summed E-state index contributed by atoms with van der Waals surface area (Å²) in [5.74, 6) is -1.21. The van der Waals surface area contributed by atoms with Gasteiger partial charge in [-0.3, -0.25) is 4.79 Å². The number of hydrogen-bond donors (Lipinski definition) is 1. The van der Waals surface area contributed by atoms with Crippen LogP contribution in [0.4, 0.5) is 0 Å². The molecular weight excluding hydrogens is 306 g/mol. The number of rotatable bonds is 5. The number of carboxylic acids is 1. The molecular formula is C14H23N3O4S. The van der Waals surface area contributed by atoms with Gasteiger partial charge in [0.2, 0.25) is 0 Å². The van der Waals surface area contributed by atoms with Crippen molar-refractivity contribution in [2.24, 2.45) is 11.8 Å². The molecule has 7 nitrogen and oxygen atoms in total. The van der Waals surface area contributed by atoms with E-state index >= 15 is 0 Å². The maximum absolute atomic E-state index is 12.7. The summed E-state index contributed by atoms with van der Waals surface area (Å²) in [4.78, 5) is 15.2. The molecule has 2 heterocycles. The molecule has 1 aliphatic rings. The standard InChI is InChI=1S/C14H23N3O4S/c1-10(2)6-16-8-13(15-9-16)22(20,21)17-7-12(14(18)19)5-4-11(17)3/h8-12H,4-7H2,1-3H3,(H,18,19). The number of hydrogen-bond acceptors (Lipinski definition) is 4. The molecule has 0 aliphatic carbocycles. The maximum Gasteiger partial charge on any atom is 0.307 e. The van der Waals surface area contributed by atoms with Crippen LogP contribution in [0.2, 0.25) is 0 Å². The van der Waals surface area contributed by atoms with Crippen LogP contribution in [0.3, 0.4) is 0 Å². The summed E-state index contributed by atoms with van der Waals surface area (Å²) in [7, 11) is -3.75. The zero-order valence-electron chi connectivity index (χ0n) is 13.1. The molecule has 1 N–H and O–H groups in total. The summed E-state index contributed by atoms with van der Waals surface area (Å²) in [5.41, 5.74) is 0. The van der Waals surface area contributed by atoms with Crippen molar-refractivity contribution in [1.29, 1.82) is 0 Å². The van der Waals surface area contributed by atoms with Gasteiger partial charge < -0.3 is 9.67 Å². The lowest BCUT2D eigenvalue weighted by Crippen LogP contribution is -2.47. The number of carboxylic acid groups (broad SMARTS) is 1. The molecule has 0 aromatic carbocycles. The summed E-state index contributed by atoms with van der Waals surface area (Å²) >= 11 is 0. The lowest BCUT2D eigenvalue weighted by atomic mass is 9.96. The van der Waals surface area contributed by atoms with Crippen molar-refractivity contribution in [2.75, 3.05) is 6.54 Å². The lowest BCUT2D eigenvalue weighted by Gasteiger charge is -2.34. The minimum atomic E-state index is -3.75. The number of nitrogens with zero attached hydrogens (tertiary/aromatic N) is 3. The van der Waals surface area contributed by atoms with Crippen molar-refractivity contribution in [3.63, 3.8) is 0 Å². The van der Waals surface area contributed by atoms with Gasteiger partial charge in [0, 0.05) is 25.3 Å². The van der Waals surface area contributed by atoms with E-state index in [2.05, 4.69) is 4.98 Å². The van der Waals surface area contributed by atoms with Gasteiger partial charge in [-0.1, -0.05) is 13.8 Å². The molecule has 22 heavy (non-hydrogen) atoms. The van der Waals surface area contributed by atoms with E-state index in [1.54, 1.807) is 11.5 Å². The van der Waals surface area contributed by atoms with E-state index in [0.29, 0.717) is 25.3 Å². The van der Waals surface area contributed by atoms with Gasteiger partial charge in [-0.2, -0.15) is 4.31 Å². The SMILES string of the molecule is CC(C)Cn1cnc(S(=O)(=O)N2CC(C(=O)O)CCC2C)c1. The minimum absolute atomic E-state index is 0.00830. The Kier molecular flexibility index (Phi) is 4.91. The van der Waals surface area contributed by atoms with Gasteiger partial charge in [0.25, 0.3) is 10.0 Å². The highest BCUT2D eigenvalue weighted by molar-refractivity contribution is 7.89. The van der Waals surface area contributed by atoms with Crippen molar-refractivity contribution < 1.29 is 18.3 Å². The predicted octanol–water partition coefficient (Wildman–Crippen LogP) is 1.41. The summed E-state index contributed by atoms with van der Waals surface area (Å²) < 4.78 is 28.5. The molecule has 2 atom stereocenters. The smallest absolute Gasteiger partial charge is 0.307 e. The first-order valence-electron chi connectivity index (χ1n) is 7.48. The van der Waals surface area contributed by atoms with Crippen LogP contribution in [0.15, 0.2) is 17.6 Å². The van der Waals surface area contributed by atoms with Crippen LogP contribution < -0.4 is 0 Å². The van der Waals surface area contributed by atoms with E-state index in [1.165, 1.54) is 16.8 Å². The van der Waals surface area contributed by atoms with Crippen molar-refractivity contribution >= 4 is 16.0 Å². The zero-order chi connectivity index (χ0) is 16.5. The van der Waals surface area contributed by atoms with Gasteiger partial charge in [0.15, 0.2) is 5.03 Å². The molecule has 2 rings (SSSR count). The van der Waals surface area contributed by atoms with Gasteiger partial charge in [-0.05, 0) is 25.7 Å². The first kappa shape index (κ1) is 17.0. The van der Waals surface area contributed by atoms with Crippen molar-refractivity contribution in [3.8, 4) is 0 Å². The third-order valence-corrected chi connectivity index (χ3v) is 5.80. The zero-order valence-corrected chi connectivity index (χ0v) is 14.0. The summed E-state index contributed by atoms with van der Waals surface area (Å²) in [6.45, 7) is 6.59. The molecule has 1 aromatic rings. The van der Waals surface area contributed by atoms with Gasteiger partial charge in [0.1, 0.15) is 0 Å². The molecule has 1 aliphatic heterocycles. The van der Waals surface area contributed by atoms with E-state index in [-0.39, 0.29) is 17.6 Å². The van der Waals surface area contributed by atoms with Gasteiger partial charge in [-0.25, -0.2) is 13.4 Å². The quantitative estimate of drug-likeness (QED) is 0.882. The molecule has 0 bridgehead atoms. The molecule has 0 saturated carbocycles. The molecule has 0 radical (unpaired) electrons. The van der Waals surface area contributed by atoms with Gasteiger partial charge >= 0.3 is 5.97 Å². The summed E-state index contributed by atoms with van der Waals surface area (Å²) in [6, 6.07) is -0.212. The van der Waals surface area contributed by atoms with Crippen LogP contribution in [-0.2, 0) is 21.4 Å². The number of aliphatic carboxylic acids is 1. The highest BCUT2D eigenvalue weighted by atomic mass is 32.2. The average molecular weight is 329 g/mol. The number of sulfonamides is 1. The second-order valence-electron chi connectivity index (χ2n) is 6.34. The highest BCUT2D eigenvalue weighted by Crippen LogP contribution is 2.27. The Morgan fingerprint density at radius 2 is 2.14 bits per heavy atom. The Bertz CT molecular complexity index is 638. The fourth-order valence-corrected chi connectivity index (χ4v) is 4.37. The number of aromatic nitrogens is 2. The third-order valence-electron chi connectivity index (χ3n) is 3.93. The Balaban J connectivity index is 2.24. The average Bonchev–Trinajstić information content (AvgIpc) is 2.87. The molecule has 0 amide bonds. The van der Waals surface area contributed by atoms with Crippen molar-refractivity contribution in [2.45, 2.75) is 51.2 Å². The molecule has 2 unspecified atom stereocenters. The molecule has 1 saturated heterocycles. The largest absolute Gasteiger partial charge is 0.481 e. The van der Waals surface area contributed by atoms with E-state index in [4.69, 9.17) is 5.11 Å². The maximum atomic E-state index is 12.7. The van der Waals surface area contributed by atoms with Crippen LogP contribution in [0.5, 0.6) is 0 Å². The fraction of sp³-hybridized carbons (Fsp3) is 0.714. The second-order valence-corrected chi connectivity index (χ2v) is 8.18. The number of piperidine rings is 1. The Morgan fingerprint density at radius 3 is 2.73 bits per heavy atom. The highest BCUT2D eigenvalue weighted by Gasteiger charge is 2.38. The van der Waals surface area contributed by atoms with Crippen LogP contribution in [0.1, 0.15) is 33.6 Å². The Hall–Kier alpha value is -1.41.